The van der Waals surface area contributed by atoms with Gasteiger partial charge in [-0.1, -0.05) is 11.6 Å². The molecule has 88 valence electrons. The fourth-order valence-corrected chi connectivity index (χ4v) is 2.49. The highest BCUT2D eigenvalue weighted by atomic mass is 35.5. The van der Waals surface area contributed by atoms with Crippen LogP contribution in [-0.2, 0) is 11.2 Å². The summed E-state index contributed by atoms with van der Waals surface area (Å²) in [6.07, 6.45) is 0.744. The molecule has 1 aromatic carbocycles. The summed E-state index contributed by atoms with van der Waals surface area (Å²) < 4.78 is 19.1. The number of ether oxygens (including phenoxy) is 1. The molecule has 0 aromatic heterocycles. The summed E-state index contributed by atoms with van der Waals surface area (Å²) in [5.74, 6) is -0.245. The Morgan fingerprint density at radius 1 is 1.56 bits per heavy atom. The normalized spacial score (nSPS) is 20.4. The molecule has 4 heteroatoms. The number of halogens is 2. The standard InChI is InChI=1S/C12H15ClFNO/c1-7-10(14)5-9(13)8-3-4-16-6-11(15-2)12(7)8/h5,11,15H,3-4,6H2,1-2H3. The van der Waals surface area contributed by atoms with Crippen LogP contribution in [0.3, 0.4) is 0 Å². The molecule has 1 aliphatic rings. The molecular formula is C12H15ClFNO. The van der Waals surface area contributed by atoms with Crippen molar-refractivity contribution in [3.63, 3.8) is 0 Å². The molecule has 0 saturated heterocycles. The lowest BCUT2D eigenvalue weighted by molar-refractivity contribution is 0.123. The Labute approximate surface area is 99.7 Å². The van der Waals surface area contributed by atoms with Gasteiger partial charge in [-0.25, -0.2) is 4.39 Å². The second kappa shape index (κ2) is 4.70. The third-order valence-corrected chi connectivity index (χ3v) is 3.44. The zero-order valence-electron chi connectivity index (χ0n) is 9.44. The molecule has 2 nitrogen and oxygen atoms in total. The van der Waals surface area contributed by atoms with Gasteiger partial charge in [-0.15, -0.1) is 0 Å². The minimum absolute atomic E-state index is 0.0192. The predicted molar refractivity (Wildman–Crippen MR) is 62.5 cm³/mol. The highest BCUT2D eigenvalue weighted by Gasteiger charge is 2.23. The lowest BCUT2D eigenvalue weighted by atomic mass is 9.94. The van der Waals surface area contributed by atoms with Crippen molar-refractivity contribution in [3.8, 4) is 0 Å². The van der Waals surface area contributed by atoms with Gasteiger partial charge < -0.3 is 10.1 Å². The summed E-state index contributed by atoms with van der Waals surface area (Å²) in [6.45, 7) is 2.99. The molecule has 1 unspecified atom stereocenters. The van der Waals surface area contributed by atoms with E-state index in [1.54, 1.807) is 6.92 Å². The zero-order valence-corrected chi connectivity index (χ0v) is 10.2. The molecule has 2 rings (SSSR count). The average molecular weight is 244 g/mol. The van der Waals surface area contributed by atoms with Crippen molar-refractivity contribution in [1.29, 1.82) is 0 Å². The summed E-state index contributed by atoms with van der Waals surface area (Å²) in [4.78, 5) is 0. The first kappa shape index (κ1) is 11.8. The Balaban J connectivity index is 2.61. The molecular weight excluding hydrogens is 229 g/mol. The second-order valence-electron chi connectivity index (χ2n) is 4.02. The number of likely N-dealkylation sites (N-methyl/N-ethyl adjacent to an activating group) is 1. The second-order valence-corrected chi connectivity index (χ2v) is 4.43. The van der Waals surface area contributed by atoms with Crippen LogP contribution in [0.2, 0.25) is 5.02 Å². The Morgan fingerprint density at radius 3 is 3.00 bits per heavy atom. The molecule has 0 fully saturated rings. The minimum atomic E-state index is -0.245. The van der Waals surface area contributed by atoms with Crippen LogP contribution in [0.15, 0.2) is 6.07 Å². The Hall–Kier alpha value is -0.640. The lowest BCUT2D eigenvalue weighted by Gasteiger charge is -2.20. The van der Waals surface area contributed by atoms with Crippen LogP contribution in [-0.4, -0.2) is 20.3 Å². The third kappa shape index (κ3) is 1.95. The van der Waals surface area contributed by atoms with Crippen molar-refractivity contribution in [3.05, 3.63) is 33.6 Å². The quantitative estimate of drug-likeness (QED) is 0.819. The van der Waals surface area contributed by atoms with Crippen molar-refractivity contribution in [1.82, 2.24) is 5.32 Å². The maximum Gasteiger partial charge on any atom is 0.127 e. The van der Waals surface area contributed by atoms with Crippen LogP contribution in [0.1, 0.15) is 22.7 Å². The average Bonchev–Trinajstić information content (AvgIpc) is 2.48. The Morgan fingerprint density at radius 2 is 2.31 bits per heavy atom. The van der Waals surface area contributed by atoms with Crippen molar-refractivity contribution < 1.29 is 9.13 Å². The van der Waals surface area contributed by atoms with E-state index in [4.69, 9.17) is 16.3 Å². The molecule has 1 aliphatic heterocycles. The van der Waals surface area contributed by atoms with Crippen LogP contribution in [0, 0.1) is 12.7 Å². The third-order valence-electron chi connectivity index (χ3n) is 3.11. The maximum atomic E-state index is 13.7. The first-order chi connectivity index (χ1) is 7.65. The van der Waals surface area contributed by atoms with E-state index in [-0.39, 0.29) is 11.9 Å². The highest BCUT2D eigenvalue weighted by molar-refractivity contribution is 6.31. The van der Waals surface area contributed by atoms with E-state index >= 15 is 0 Å². The van der Waals surface area contributed by atoms with Gasteiger partial charge in [-0.05, 0) is 43.1 Å². The van der Waals surface area contributed by atoms with Crippen LogP contribution in [0.4, 0.5) is 4.39 Å². The summed E-state index contributed by atoms with van der Waals surface area (Å²) in [6, 6.07) is 1.42. The molecule has 1 heterocycles. The molecule has 1 atom stereocenters. The molecule has 0 aliphatic carbocycles. The molecule has 0 radical (unpaired) electrons. The topological polar surface area (TPSA) is 21.3 Å². The van der Waals surface area contributed by atoms with E-state index in [2.05, 4.69) is 5.32 Å². The van der Waals surface area contributed by atoms with E-state index < -0.39 is 0 Å². The Kier molecular flexibility index (Phi) is 3.47. The van der Waals surface area contributed by atoms with Crippen molar-refractivity contribution in [2.75, 3.05) is 20.3 Å². The van der Waals surface area contributed by atoms with E-state index in [9.17, 15) is 4.39 Å². The van der Waals surface area contributed by atoms with E-state index in [0.29, 0.717) is 23.8 Å². The van der Waals surface area contributed by atoms with Gasteiger partial charge in [0, 0.05) is 5.02 Å². The van der Waals surface area contributed by atoms with E-state index in [1.807, 2.05) is 7.05 Å². The fraction of sp³-hybridized carbons (Fsp3) is 0.500. The SMILES string of the molecule is CNC1COCCc2c(Cl)cc(F)c(C)c21. The first-order valence-corrected chi connectivity index (χ1v) is 5.75. The summed E-state index contributed by atoms with van der Waals surface area (Å²) in [5, 5.41) is 3.65. The zero-order chi connectivity index (χ0) is 11.7. The molecule has 0 bridgehead atoms. The molecule has 0 amide bonds. The number of rotatable bonds is 1. The van der Waals surface area contributed by atoms with Crippen molar-refractivity contribution >= 4 is 11.6 Å². The van der Waals surface area contributed by atoms with Gasteiger partial charge >= 0.3 is 0 Å². The minimum Gasteiger partial charge on any atom is -0.379 e. The van der Waals surface area contributed by atoms with Crippen LogP contribution in [0.5, 0.6) is 0 Å². The summed E-state index contributed by atoms with van der Waals surface area (Å²) >= 11 is 6.09. The van der Waals surface area contributed by atoms with Gasteiger partial charge in [0.2, 0.25) is 0 Å². The summed E-state index contributed by atoms with van der Waals surface area (Å²) in [7, 11) is 1.85. The van der Waals surface area contributed by atoms with Gasteiger partial charge in [-0.2, -0.15) is 0 Å². The van der Waals surface area contributed by atoms with Crippen LogP contribution >= 0.6 is 11.6 Å². The molecule has 0 saturated carbocycles. The lowest BCUT2D eigenvalue weighted by Crippen LogP contribution is -2.22. The van der Waals surface area contributed by atoms with E-state index in [0.717, 1.165) is 17.5 Å². The van der Waals surface area contributed by atoms with Crippen molar-refractivity contribution in [2.24, 2.45) is 0 Å². The van der Waals surface area contributed by atoms with Crippen molar-refractivity contribution in [2.45, 2.75) is 19.4 Å². The van der Waals surface area contributed by atoms with Crippen LogP contribution < -0.4 is 5.32 Å². The molecule has 0 spiro atoms. The number of hydrogen-bond donors (Lipinski definition) is 1. The number of hydrogen-bond acceptors (Lipinski definition) is 2. The maximum absolute atomic E-state index is 13.7. The predicted octanol–water partition coefficient (Wildman–Crippen LogP) is 2.62. The monoisotopic (exact) mass is 243 g/mol. The van der Waals surface area contributed by atoms with Gasteiger partial charge in [0.1, 0.15) is 5.82 Å². The number of benzene rings is 1. The van der Waals surface area contributed by atoms with Gasteiger partial charge in [0.05, 0.1) is 19.3 Å². The van der Waals surface area contributed by atoms with Gasteiger partial charge in [-0.3, -0.25) is 0 Å². The number of fused-ring (bicyclic) bond motifs is 1. The van der Waals surface area contributed by atoms with Crippen LogP contribution in [0.25, 0.3) is 0 Å². The highest BCUT2D eigenvalue weighted by Crippen LogP contribution is 2.32. The molecule has 16 heavy (non-hydrogen) atoms. The van der Waals surface area contributed by atoms with E-state index in [1.165, 1.54) is 6.07 Å². The smallest absolute Gasteiger partial charge is 0.127 e. The largest absolute Gasteiger partial charge is 0.379 e. The first-order valence-electron chi connectivity index (χ1n) is 5.37. The number of nitrogens with one attached hydrogen (secondary N) is 1. The van der Waals surface area contributed by atoms with Gasteiger partial charge in [0.25, 0.3) is 0 Å². The summed E-state index contributed by atoms with van der Waals surface area (Å²) in [5.41, 5.74) is 2.65. The Bertz CT molecular complexity index is 408. The molecule has 1 N–H and O–H groups in total. The molecule has 1 aromatic rings. The fourth-order valence-electron chi connectivity index (χ4n) is 2.20. The van der Waals surface area contributed by atoms with Gasteiger partial charge in [0.15, 0.2) is 0 Å².